The minimum atomic E-state index is -1.21. The van der Waals surface area contributed by atoms with Gasteiger partial charge >= 0.3 is 5.97 Å². The van der Waals surface area contributed by atoms with Gasteiger partial charge in [0.15, 0.2) is 0 Å². The number of benzene rings is 2. The first-order chi connectivity index (χ1) is 16.7. The Morgan fingerprint density at radius 1 is 1.14 bits per heavy atom. The highest BCUT2D eigenvalue weighted by Gasteiger charge is 2.23. The maximum Gasteiger partial charge on any atom is 0.305 e. The molecular formula is C24H26Cl2N4O5. The second-order valence-corrected chi connectivity index (χ2v) is 8.88. The number of nitrogens with zero attached hydrogens (tertiary/aromatic N) is 1. The Labute approximate surface area is 212 Å². The van der Waals surface area contributed by atoms with Gasteiger partial charge in [-0.3, -0.25) is 19.4 Å². The Hall–Kier alpha value is -3.30. The third-order valence-electron chi connectivity index (χ3n) is 5.37. The monoisotopic (exact) mass is 520 g/mol. The van der Waals surface area contributed by atoms with Crippen LogP contribution in [-0.4, -0.2) is 53.5 Å². The Morgan fingerprint density at radius 2 is 1.94 bits per heavy atom. The summed E-state index contributed by atoms with van der Waals surface area (Å²) in [5.41, 5.74) is 1.47. The van der Waals surface area contributed by atoms with Crippen molar-refractivity contribution in [2.75, 3.05) is 19.6 Å². The molecule has 2 aromatic carbocycles. The number of carboxylic acid groups (broad SMARTS) is 1. The lowest BCUT2D eigenvalue weighted by Crippen LogP contribution is -2.39. The van der Waals surface area contributed by atoms with Crippen LogP contribution in [-0.2, 0) is 16.0 Å². The van der Waals surface area contributed by atoms with Crippen LogP contribution >= 0.6 is 23.2 Å². The Kier molecular flexibility index (Phi) is 9.33. The molecule has 35 heavy (non-hydrogen) atoms. The number of phenolic OH excluding ortho intramolecular Hbond substituents is 1. The van der Waals surface area contributed by atoms with Gasteiger partial charge in [0.25, 0.3) is 5.91 Å². The van der Waals surface area contributed by atoms with Gasteiger partial charge in [-0.25, -0.2) is 0 Å². The maximum absolute atomic E-state index is 12.6. The Balaban J connectivity index is 1.56. The number of carbonyl (C=O) groups excluding carboxylic acids is 2. The van der Waals surface area contributed by atoms with Gasteiger partial charge in [-0.05, 0) is 42.7 Å². The van der Waals surface area contributed by atoms with E-state index in [0.29, 0.717) is 5.56 Å². The van der Waals surface area contributed by atoms with Crippen molar-refractivity contribution < 1.29 is 24.6 Å². The molecule has 0 fully saturated rings. The summed E-state index contributed by atoms with van der Waals surface area (Å²) in [6.07, 6.45) is 2.00. The zero-order valence-corrected chi connectivity index (χ0v) is 20.3. The van der Waals surface area contributed by atoms with Crippen LogP contribution in [0.25, 0.3) is 0 Å². The molecular weight excluding hydrogens is 495 g/mol. The smallest absolute Gasteiger partial charge is 0.305 e. The van der Waals surface area contributed by atoms with Crippen LogP contribution in [0.15, 0.2) is 41.4 Å². The number of amidine groups is 1. The second kappa shape index (κ2) is 12.4. The highest BCUT2D eigenvalue weighted by Crippen LogP contribution is 2.36. The van der Waals surface area contributed by atoms with E-state index in [1.807, 2.05) is 6.07 Å². The summed E-state index contributed by atoms with van der Waals surface area (Å²) in [5, 5.41) is 27.8. The highest BCUT2D eigenvalue weighted by molar-refractivity contribution is 6.35. The number of halogens is 2. The quantitative estimate of drug-likeness (QED) is 0.308. The molecule has 0 aromatic heterocycles. The van der Waals surface area contributed by atoms with Gasteiger partial charge in [-0.2, -0.15) is 0 Å². The molecule has 0 bridgehead atoms. The number of aliphatic imine (C=N–C) groups is 1. The van der Waals surface area contributed by atoms with E-state index >= 15 is 0 Å². The second-order valence-electron chi connectivity index (χ2n) is 8.04. The number of nitrogens with one attached hydrogen (secondary N) is 3. The topological polar surface area (TPSA) is 140 Å². The number of aromatic hydroxyl groups is 1. The fourth-order valence-electron chi connectivity index (χ4n) is 3.72. The molecule has 3 rings (SSSR count). The first-order valence-electron chi connectivity index (χ1n) is 11.1. The summed E-state index contributed by atoms with van der Waals surface area (Å²) in [7, 11) is 0. The number of carbonyl (C=O) groups is 3. The van der Waals surface area contributed by atoms with Crippen molar-refractivity contribution in [2.45, 2.75) is 31.7 Å². The maximum atomic E-state index is 12.6. The molecule has 1 aliphatic heterocycles. The van der Waals surface area contributed by atoms with Gasteiger partial charge in [-0.1, -0.05) is 35.3 Å². The van der Waals surface area contributed by atoms with E-state index in [2.05, 4.69) is 20.9 Å². The zero-order valence-electron chi connectivity index (χ0n) is 18.8. The van der Waals surface area contributed by atoms with E-state index in [0.717, 1.165) is 43.8 Å². The third kappa shape index (κ3) is 7.87. The van der Waals surface area contributed by atoms with Crippen LogP contribution in [0.1, 0.15) is 46.8 Å². The fraction of sp³-hybridized carbons (Fsp3) is 0.333. The van der Waals surface area contributed by atoms with E-state index in [1.165, 1.54) is 12.1 Å². The van der Waals surface area contributed by atoms with Crippen molar-refractivity contribution >= 4 is 46.8 Å². The third-order valence-corrected chi connectivity index (χ3v) is 5.87. The Bertz CT molecular complexity index is 1140. The SMILES string of the molecule is O=C(O)CC(NC(=O)CNC(=O)c1cccc(CCCC2=NCCN2)c1)c1cc(Cl)cc(Cl)c1O. The number of amides is 2. The molecule has 0 saturated heterocycles. The van der Waals surface area contributed by atoms with Gasteiger partial charge in [0.2, 0.25) is 5.91 Å². The molecule has 0 radical (unpaired) electrons. The normalized spacial score (nSPS) is 13.5. The van der Waals surface area contributed by atoms with Crippen molar-refractivity contribution in [1.29, 1.82) is 0 Å². The van der Waals surface area contributed by atoms with Gasteiger partial charge in [0.1, 0.15) is 5.75 Å². The van der Waals surface area contributed by atoms with E-state index in [-0.39, 0.29) is 27.9 Å². The van der Waals surface area contributed by atoms with Crippen molar-refractivity contribution in [2.24, 2.45) is 4.99 Å². The first-order valence-corrected chi connectivity index (χ1v) is 11.8. The van der Waals surface area contributed by atoms with Gasteiger partial charge in [-0.15, -0.1) is 0 Å². The lowest BCUT2D eigenvalue weighted by Gasteiger charge is -2.19. The molecule has 11 heteroatoms. The Morgan fingerprint density at radius 3 is 2.66 bits per heavy atom. The number of rotatable bonds is 11. The number of hydrogen-bond donors (Lipinski definition) is 5. The molecule has 1 heterocycles. The number of hydrogen-bond acceptors (Lipinski definition) is 6. The van der Waals surface area contributed by atoms with Crippen molar-refractivity contribution in [1.82, 2.24) is 16.0 Å². The summed E-state index contributed by atoms with van der Waals surface area (Å²) >= 11 is 11.9. The number of phenols is 1. The van der Waals surface area contributed by atoms with Crippen LogP contribution < -0.4 is 16.0 Å². The molecule has 0 saturated carbocycles. The van der Waals surface area contributed by atoms with Crippen LogP contribution in [0.4, 0.5) is 0 Å². The molecule has 0 aliphatic carbocycles. The van der Waals surface area contributed by atoms with Crippen LogP contribution in [0.5, 0.6) is 5.75 Å². The van der Waals surface area contributed by atoms with Gasteiger partial charge in [0.05, 0.1) is 36.4 Å². The standard InChI is InChI=1S/C24H26Cl2N4O5/c25-16-10-17(23(34)18(26)11-16)19(12-22(32)33)30-21(31)13-29-24(35)15-5-1-3-14(9-15)4-2-6-20-27-7-8-28-20/h1,3,5,9-11,19,34H,2,4,6-8,12-13H2,(H,27,28)(H,29,35)(H,30,31)(H,32,33). The number of carboxylic acids is 1. The minimum absolute atomic E-state index is 0.0658. The van der Waals surface area contributed by atoms with Crippen molar-refractivity contribution in [3.05, 3.63) is 63.1 Å². The minimum Gasteiger partial charge on any atom is -0.506 e. The van der Waals surface area contributed by atoms with E-state index in [1.54, 1.807) is 18.2 Å². The summed E-state index contributed by atoms with van der Waals surface area (Å²) in [6, 6.07) is 8.67. The lowest BCUT2D eigenvalue weighted by atomic mass is 10.0. The van der Waals surface area contributed by atoms with E-state index in [4.69, 9.17) is 23.2 Å². The number of aryl methyl sites for hydroxylation is 1. The average molecular weight is 521 g/mol. The zero-order chi connectivity index (χ0) is 25.4. The first kappa shape index (κ1) is 26.3. The predicted molar refractivity (Wildman–Crippen MR) is 133 cm³/mol. The van der Waals surface area contributed by atoms with Crippen LogP contribution in [0.2, 0.25) is 10.0 Å². The summed E-state index contributed by atoms with van der Waals surface area (Å²) in [6.45, 7) is 1.30. The summed E-state index contributed by atoms with van der Waals surface area (Å²) in [5.74, 6) is -1.64. The number of aliphatic carboxylic acids is 1. The highest BCUT2D eigenvalue weighted by atomic mass is 35.5. The van der Waals surface area contributed by atoms with Gasteiger partial charge in [0, 0.05) is 29.1 Å². The van der Waals surface area contributed by atoms with Crippen LogP contribution in [0, 0.1) is 0 Å². The molecule has 0 spiro atoms. The molecule has 1 aliphatic rings. The largest absolute Gasteiger partial charge is 0.506 e. The lowest BCUT2D eigenvalue weighted by molar-refractivity contribution is -0.137. The summed E-state index contributed by atoms with van der Waals surface area (Å²) in [4.78, 5) is 40.7. The van der Waals surface area contributed by atoms with Gasteiger partial charge < -0.3 is 26.2 Å². The van der Waals surface area contributed by atoms with Crippen molar-refractivity contribution in [3.8, 4) is 5.75 Å². The molecule has 5 N–H and O–H groups in total. The fourth-order valence-corrected chi connectivity index (χ4v) is 4.22. The molecule has 186 valence electrons. The van der Waals surface area contributed by atoms with E-state index in [9.17, 15) is 24.6 Å². The van der Waals surface area contributed by atoms with Crippen molar-refractivity contribution in [3.63, 3.8) is 0 Å². The molecule has 1 atom stereocenters. The predicted octanol–water partition coefficient (Wildman–Crippen LogP) is 3.09. The molecule has 2 aromatic rings. The molecule has 2 amide bonds. The van der Waals surface area contributed by atoms with E-state index < -0.39 is 30.2 Å². The molecule has 9 nitrogen and oxygen atoms in total. The summed E-state index contributed by atoms with van der Waals surface area (Å²) < 4.78 is 0. The van der Waals surface area contributed by atoms with Crippen LogP contribution in [0.3, 0.4) is 0 Å². The molecule has 1 unspecified atom stereocenters. The average Bonchev–Trinajstić information content (AvgIpc) is 3.33.